The Kier molecular flexibility index (Phi) is 9.80. The van der Waals surface area contributed by atoms with E-state index < -0.39 is 12.1 Å². The number of benzene rings is 2. The molecule has 1 saturated carbocycles. The van der Waals surface area contributed by atoms with E-state index in [1.54, 1.807) is 0 Å². The maximum absolute atomic E-state index is 13.5. The lowest BCUT2D eigenvalue weighted by Gasteiger charge is -2.30. The number of alkyl carbamates (subject to hydrolysis) is 1. The third kappa shape index (κ3) is 7.08. The van der Waals surface area contributed by atoms with E-state index in [-0.39, 0.29) is 29.8 Å². The van der Waals surface area contributed by atoms with Crippen LogP contribution in [0.5, 0.6) is 0 Å². The molecule has 3 N–H and O–H groups in total. The molecule has 1 aliphatic carbocycles. The molecule has 3 aliphatic heterocycles. The van der Waals surface area contributed by atoms with E-state index in [4.69, 9.17) is 19.4 Å². The molecule has 5 heterocycles. The number of carbonyl (C=O) groups excluding carboxylic acids is 3. The van der Waals surface area contributed by atoms with Gasteiger partial charge in [0.2, 0.25) is 11.8 Å². The van der Waals surface area contributed by atoms with Crippen LogP contribution in [0.4, 0.5) is 4.79 Å². The van der Waals surface area contributed by atoms with E-state index in [1.807, 2.05) is 24.9 Å². The number of H-pyrrole nitrogens is 2. The molecule has 0 radical (unpaired) electrons. The minimum absolute atomic E-state index is 0.00657. The number of hydrogen-bond acceptors (Lipinski definition) is 7. The third-order valence-electron chi connectivity index (χ3n) is 11.5. The fraction of sp³-hybridized carbons (Fsp3) is 0.488. The van der Waals surface area contributed by atoms with Crippen molar-refractivity contribution < 1.29 is 23.9 Å². The lowest BCUT2D eigenvalue weighted by Crippen LogP contribution is -2.51. The van der Waals surface area contributed by atoms with Crippen molar-refractivity contribution in [2.45, 2.75) is 83.5 Å². The number of aromatic amines is 2. The zero-order chi connectivity index (χ0) is 36.6. The van der Waals surface area contributed by atoms with Crippen molar-refractivity contribution in [1.82, 2.24) is 35.1 Å². The van der Waals surface area contributed by atoms with Gasteiger partial charge < -0.3 is 34.6 Å². The topological polar surface area (TPSA) is 146 Å². The van der Waals surface area contributed by atoms with E-state index >= 15 is 0 Å². The summed E-state index contributed by atoms with van der Waals surface area (Å²) in [7, 11) is 1.30. The number of nitrogens with one attached hydrogen (secondary N) is 3. The molecule has 53 heavy (non-hydrogen) atoms. The summed E-state index contributed by atoms with van der Waals surface area (Å²) in [5.74, 6) is 2.37. The fourth-order valence-electron chi connectivity index (χ4n) is 8.46. The smallest absolute Gasteiger partial charge is 0.407 e. The average Bonchev–Trinajstić information content (AvgIpc) is 3.71. The van der Waals surface area contributed by atoms with Gasteiger partial charge in [-0.25, -0.2) is 14.8 Å². The first-order chi connectivity index (χ1) is 25.8. The van der Waals surface area contributed by atoms with Crippen LogP contribution in [0.3, 0.4) is 0 Å². The number of methoxy groups -OCH3 is 1. The predicted molar refractivity (Wildman–Crippen MR) is 199 cm³/mol. The normalized spacial score (nSPS) is 23.4. The second kappa shape index (κ2) is 14.8. The second-order valence-electron chi connectivity index (χ2n) is 15.3. The van der Waals surface area contributed by atoms with Gasteiger partial charge in [-0.3, -0.25) is 9.59 Å². The molecule has 5 atom stereocenters. The quantitative estimate of drug-likeness (QED) is 0.191. The lowest BCUT2D eigenvalue weighted by atomic mass is 10.0. The summed E-state index contributed by atoms with van der Waals surface area (Å²) in [5, 5.41) is 2.71. The zero-order valence-corrected chi connectivity index (χ0v) is 30.8. The Hall–Kier alpha value is -4.97. The molecule has 0 spiro atoms. The SMILES string of the molecule is COC(=O)N[C@H](C(=O)N1CCC[C@H]1c1ncc(-c2ccc(-c3ccc(-c4nc5[nH]c4COCCC[C@@H]4CC4C(=O)N4CCC[C@@H]54)cc3)cc2)[nH]1)C(C)C. The number of fused-ring (bicyclic) bond motifs is 5. The number of hydrogen-bond donors (Lipinski definition) is 3. The largest absolute Gasteiger partial charge is 0.453 e. The van der Waals surface area contributed by atoms with Crippen LogP contribution in [0.2, 0.25) is 0 Å². The van der Waals surface area contributed by atoms with E-state index in [0.717, 1.165) is 102 Å². The molecule has 3 amide bonds. The van der Waals surface area contributed by atoms with Gasteiger partial charge in [0.15, 0.2) is 0 Å². The Morgan fingerprint density at radius 3 is 2.32 bits per heavy atom. The van der Waals surface area contributed by atoms with Gasteiger partial charge in [-0.05, 0) is 73.5 Å². The minimum Gasteiger partial charge on any atom is -0.453 e. The van der Waals surface area contributed by atoms with E-state index in [2.05, 4.69) is 68.7 Å². The fourth-order valence-corrected chi connectivity index (χ4v) is 8.46. The molecule has 2 aromatic heterocycles. The molecule has 2 aromatic carbocycles. The van der Waals surface area contributed by atoms with Crippen molar-refractivity contribution in [3.05, 3.63) is 72.1 Å². The predicted octanol–water partition coefficient (Wildman–Crippen LogP) is 6.79. The number of imidazole rings is 2. The number of ether oxygens (including phenoxy) is 2. The Morgan fingerprint density at radius 2 is 1.58 bits per heavy atom. The zero-order valence-electron chi connectivity index (χ0n) is 30.8. The monoisotopic (exact) mass is 719 g/mol. The third-order valence-corrected chi connectivity index (χ3v) is 11.5. The standard InChI is InChI=1S/C41H49N7O5/c1-24(2)35(46-41(51)52-3)40(50)48-19-4-8-33(48)37-42-22-31(43-37)27-14-10-25(11-15-27)26-12-16-28(17-13-26)36-32-23-53-20-6-7-29-21-30(29)39(49)47-18-5-9-34(47)38(44-32)45-36/h10-17,22,24,29-30,33-35H,4-9,18-21,23H2,1-3H3,(H,42,43)(H,44,45)(H,46,51)/t29-,30?,33+,34+,35+/m1/s1. The Bertz CT molecular complexity index is 1950. The summed E-state index contributed by atoms with van der Waals surface area (Å²) in [6, 6.07) is 16.0. The highest BCUT2D eigenvalue weighted by molar-refractivity contribution is 5.86. The molecular formula is C41H49N7O5. The summed E-state index contributed by atoms with van der Waals surface area (Å²) in [6.07, 6.45) is 7.83. The number of nitrogens with zero attached hydrogens (tertiary/aromatic N) is 4. The van der Waals surface area contributed by atoms with Crippen molar-refractivity contribution in [2.75, 3.05) is 26.8 Å². The number of aromatic nitrogens is 4. The molecule has 4 aliphatic rings. The Morgan fingerprint density at radius 1 is 0.887 bits per heavy atom. The molecule has 278 valence electrons. The van der Waals surface area contributed by atoms with Gasteiger partial charge in [0.25, 0.3) is 0 Å². The van der Waals surface area contributed by atoms with Crippen molar-refractivity contribution in [3.63, 3.8) is 0 Å². The van der Waals surface area contributed by atoms with Crippen LogP contribution in [0, 0.1) is 17.8 Å². The molecule has 4 aromatic rings. The van der Waals surface area contributed by atoms with Crippen LogP contribution < -0.4 is 5.32 Å². The lowest BCUT2D eigenvalue weighted by molar-refractivity contribution is -0.135. The van der Waals surface area contributed by atoms with Crippen LogP contribution in [0.1, 0.15) is 88.2 Å². The number of carbonyl (C=O) groups is 3. The molecule has 3 fully saturated rings. The van der Waals surface area contributed by atoms with Crippen molar-refractivity contribution in [3.8, 4) is 33.6 Å². The first-order valence-electron chi connectivity index (χ1n) is 19.2. The van der Waals surface area contributed by atoms with Crippen LogP contribution in [-0.4, -0.2) is 80.5 Å². The highest BCUT2D eigenvalue weighted by Gasteiger charge is 2.47. The summed E-state index contributed by atoms with van der Waals surface area (Å²) in [5.41, 5.74) is 6.92. The first kappa shape index (κ1) is 35.1. The van der Waals surface area contributed by atoms with Crippen molar-refractivity contribution >= 4 is 17.9 Å². The second-order valence-corrected chi connectivity index (χ2v) is 15.3. The first-order valence-corrected chi connectivity index (χ1v) is 19.2. The van der Waals surface area contributed by atoms with Crippen LogP contribution in [0.15, 0.2) is 54.7 Å². The van der Waals surface area contributed by atoms with Gasteiger partial charge in [0, 0.05) is 31.2 Å². The van der Waals surface area contributed by atoms with Gasteiger partial charge in [-0.2, -0.15) is 0 Å². The maximum Gasteiger partial charge on any atom is 0.407 e. The summed E-state index contributed by atoms with van der Waals surface area (Å²) >= 11 is 0. The minimum atomic E-state index is -0.675. The molecule has 8 rings (SSSR count). The van der Waals surface area contributed by atoms with Gasteiger partial charge >= 0.3 is 6.09 Å². The Balaban J connectivity index is 0.968. The van der Waals surface area contributed by atoms with Crippen molar-refractivity contribution in [1.29, 1.82) is 0 Å². The summed E-state index contributed by atoms with van der Waals surface area (Å²) in [4.78, 5) is 59.6. The van der Waals surface area contributed by atoms with E-state index in [0.29, 0.717) is 31.6 Å². The molecule has 1 unspecified atom stereocenters. The van der Waals surface area contributed by atoms with Crippen LogP contribution >= 0.6 is 0 Å². The molecule has 12 heteroatoms. The number of likely N-dealkylation sites (tertiary alicyclic amines) is 1. The molecular weight excluding hydrogens is 670 g/mol. The highest BCUT2D eigenvalue weighted by Crippen LogP contribution is 2.46. The van der Waals surface area contributed by atoms with E-state index in [1.165, 1.54) is 7.11 Å². The number of rotatable bonds is 7. The van der Waals surface area contributed by atoms with E-state index in [9.17, 15) is 14.4 Å². The highest BCUT2D eigenvalue weighted by atomic mass is 16.5. The molecule has 2 bridgehead atoms. The van der Waals surface area contributed by atoms with Gasteiger partial charge in [-0.1, -0.05) is 62.4 Å². The van der Waals surface area contributed by atoms with Gasteiger partial charge in [-0.15, -0.1) is 0 Å². The van der Waals surface area contributed by atoms with Crippen LogP contribution in [0.25, 0.3) is 33.6 Å². The maximum atomic E-state index is 13.5. The Labute approximate surface area is 310 Å². The average molecular weight is 720 g/mol. The van der Waals surface area contributed by atoms with Gasteiger partial charge in [0.05, 0.1) is 49.1 Å². The molecule has 12 nitrogen and oxygen atoms in total. The molecule has 2 saturated heterocycles. The van der Waals surface area contributed by atoms with Crippen LogP contribution in [-0.2, 0) is 25.7 Å². The summed E-state index contributed by atoms with van der Waals surface area (Å²) in [6.45, 7) is 6.38. The summed E-state index contributed by atoms with van der Waals surface area (Å²) < 4.78 is 10.9. The van der Waals surface area contributed by atoms with Gasteiger partial charge in [0.1, 0.15) is 17.7 Å². The number of amides is 3. The van der Waals surface area contributed by atoms with Crippen molar-refractivity contribution in [2.24, 2.45) is 17.8 Å².